The largest absolute Gasteiger partial charge is 0.476 e. The lowest BCUT2D eigenvalue weighted by Crippen LogP contribution is -2.45. The normalized spacial score (nSPS) is 27.0. The Labute approximate surface area is 205 Å². The van der Waals surface area contributed by atoms with Crippen molar-refractivity contribution in [1.82, 2.24) is 20.3 Å². The predicted octanol–water partition coefficient (Wildman–Crippen LogP) is 2.07. The summed E-state index contributed by atoms with van der Waals surface area (Å²) in [6.45, 7) is 1.48. The monoisotopic (exact) mass is 481 g/mol. The number of ether oxygens (including phenoxy) is 1. The quantitative estimate of drug-likeness (QED) is 0.232. The highest BCUT2D eigenvalue weighted by Gasteiger charge is 2.49. The molecule has 0 bridgehead atoms. The Kier molecular flexibility index (Phi) is 7.59. The summed E-state index contributed by atoms with van der Waals surface area (Å²) in [6, 6.07) is 1.88. The van der Waals surface area contributed by atoms with Gasteiger partial charge in [-0.1, -0.05) is 6.42 Å². The van der Waals surface area contributed by atoms with Crippen LogP contribution >= 0.6 is 0 Å². The van der Waals surface area contributed by atoms with E-state index in [9.17, 15) is 9.59 Å². The van der Waals surface area contributed by atoms with Gasteiger partial charge in [-0.3, -0.25) is 15.0 Å². The molecule has 0 amide bonds. The summed E-state index contributed by atoms with van der Waals surface area (Å²) in [5.74, 6) is 0.289. The number of carbonyl (C=O) groups excluding carboxylic acids is 2. The lowest BCUT2D eigenvalue weighted by Gasteiger charge is -2.38. The summed E-state index contributed by atoms with van der Waals surface area (Å²) < 4.78 is 6.02. The Morgan fingerprint density at radius 1 is 1.29 bits per heavy atom. The number of hydrazone groups is 1. The van der Waals surface area contributed by atoms with E-state index < -0.39 is 5.41 Å². The number of nitrogens with two attached hydrogens (primary N) is 1. The maximum Gasteiger partial charge on any atom is 0.217 e. The number of hydrogen-bond acceptors (Lipinski definition) is 10. The zero-order chi connectivity index (χ0) is 25.0. The molecule has 3 fully saturated rings. The van der Waals surface area contributed by atoms with Crippen LogP contribution in [-0.2, 0) is 9.59 Å². The van der Waals surface area contributed by atoms with E-state index in [1.54, 1.807) is 13.1 Å². The Hall–Kier alpha value is -3.14. The summed E-state index contributed by atoms with van der Waals surface area (Å²) in [6.07, 6.45) is 8.01. The molecule has 35 heavy (non-hydrogen) atoms. The van der Waals surface area contributed by atoms with E-state index in [1.165, 1.54) is 6.21 Å². The van der Waals surface area contributed by atoms with Crippen molar-refractivity contribution in [2.45, 2.75) is 63.8 Å². The Bertz CT molecular complexity index is 1060. The fourth-order valence-corrected chi connectivity index (χ4v) is 5.39. The summed E-state index contributed by atoms with van der Waals surface area (Å²) in [5, 5.41) is 12.2. The van der Waals surface area contributed by atoms with Crippen molar-refractivity contribution in [3.8, 4) is 5.88 Å². The first-order chi connectivity index (χ1) is 16.9. The highest BCUT2D eigenvalue weighted by atomic mass is 16.5. The summed E-state index contributed by atoms with van der Waals surface area (Å²) in [5.41, 5.74) is 9.11. The summed E-state index contributed by atoms with van der Waals surface area (Å²) in [7, 11) is 3.71. The van der Waals surface area contributed by atoms with E-state index in [0.717, 1.165) is 38.6 Å². The number of carbonyl (C=O) groups is 2. The standard InChI is InChI=1S/C25H35N7O3/c1-28-29-14-18(26)19-13-21(35-15-16-7-6-12-32(16)2)31-24(30-19)22(27)17-8-5-11-25(23(17)34)10-4-3-9-20(25)33/h13-14,16,26,28H,3-12,15,27H2,1-2H3/b22-17-,26-18?,29-14-/t16-,25+/m0/s1. The summed E-state index contributed by atoms with van der Waals surface area (Å²) >= 11 is 0. The molecule has 3 aliphatic rings. The third-order valence-corrected chi connectivity index (χ3v) is 7.49. The molecule has 2 aliphatic carbocycles. The van der Waals surface area contributed by atoms with Gasteiger partial charge in [0, 0.05) is 31.1 Å². The van der Waals surface area contributed by atoms with Gasteiger partial charge in [-0.15, -0.1) is 0 Å². The second-order valence-corrected chi connectivity index (χ2v) is 9.69. The van der Waals surface area contributed by atoms with Gasteiger partial charge in [-0.2, -0.15) is 10.1 Å². The SMILES string of the molecule is CN/N=C\C(=N)c1cc(OC[C@@H]2CCCN2C)nc(/C(N)=C2\CCC[C@@]3(CCCCC3=O)C2=O)n1. The van der Waals surface area contributed by atoms with E-state index in [0.29, 0.717) is 49.4 Å². The Balaban J connectivity index is 1.68. The zero-order valence-electron chi connectivity index (χ0n) is 20.6. The van der Waals surface area contributed by atoms with Crippen LogP contribution in [0, 0.1) is 10.8 Å². The maximum absolute atomic E-state index is 13.6. The molecule has 0 radical (unpaired) electrons. The number of nitrogens with one attached hydrogen (secondary N) is 2. The topological polar surface area (TPSA) is 147 Å². The molecule has 4 N–H and O–H groups in total. The van der Waals surface area contributed by atoms with Gasteiger partial charge < -0.3 is 20.8 Å². The molecule has 0 aromatic carbocycles. The first kappa shape index (κ1) is 25.0. The predicted molar refractivity (Wildman–Crippen MR) is 133 cm³/mol. The first-order valence-corrected chi connectivity index (χ1v) is 12.4. The van der Waals surface area contributed by atoms with Crippen LogP contribution in [0.5, 0.6) is 5.88 Å². The number of ketones is 2. The minimum atomic E-state index is -0.952. The minimum Gasteiger partial charge on any atom is -0.476 e. The van der Waals surface area contributed by atoms with Gasteiger partial charge in [0.25, 0.3) is 0 Å². The number of aromatic nitrogens is 2. The Morgan fingerprint density at radius 3 is 2.80 bits per heavy atom. The third-order valence-electron chi connectivity index (χ3n) is 7.49. The molecule has 188 valence electrons. The molecule has 1 aromatic heterocycles. The highest BCUT2D eigenvalue weighted by Crippen LogP contribution is 2.45. The smallest absolute Gasteiger partial charge is 0.217 e. The molecule has 0 unspecified atom stereocenters. The van der Waals surface area contributed by atoms with Crippen molar-refractivity contribution in [1.29, 1.82) is 5.41 Å². The molecule has 2 atom stereocenters. The van der Waals surface area contributed by atoms with Gasteiger partial charge in [0.1, 0.15) is 12.4 Å². The van der Waals surface area contributed by atoms with Crippen LogP contribution in [0.4, 0.5) is 0 Å². The lowest BCUT2D eigenvalue weighted by atomic mass is 9.62. The molecule has 2 heterocycles. The number of allylic oxidation sites excluding steroid dienone is 1. The molecule has 2 saturated carbocycles. The van der Waals surface area contributed by atoms with Crippen molar-refractivity contribution in [2.75, 3.05) is 27.2 Å². The van der Waals surface area contributed by atoms with Crippen LogP contribution in [0.25, 0.3) is 5.70 Å². The molecule has 1 saturated heterocycles. The van der Waals surface area contributed by atoms with Crippen LogP contribution in [0.1, 0.15) is 69.3 Å². The fourth-order valence-electron chi connectivity index (χ4n) is 5.39. The van der Waals surface area contributed by atoms with Crippen LogP contribution in [0.3, 0.4) is 0 Å². The van der Waals surface area contributed by atoms with Gasteiger partial charge in [0.15, 0.2) is 11.6 Å². The van der Waals surface area contributed by atoms with Gasteiger partial charge in [0.05, 0.1) is 28.7 Å². The van der Waals surface area contributed by atoms with Gasteiger partial charge in [-0.25, -0.2) is 4.98 Å². The molecule has 1 aliphatic heterocycles. The maximum atomic E-state index is 13.6. The van der Waals surface area contributed by atoms with Gasteiger partial charge in [-0.05, 0) is 58.5 Å². The number of rotatable bonds is 7. The van der Waals surface area contributed by atoms with E-state index in [2.05, 4.69) is 32.4 Å². The van der Waals surface area contributed by atoms with Crippen molar-refractivity contribution < 1.29 is 14.3 Å². The first-order valence-electron chi connectivity index (χ1n) is 12.4. The van der Waals surface area contributed by atoms with Crippen LogP contribution in [0.15, 0.2) is 16.7 Å². The van der Waals surface area contributed by atoms with Crippen molar-refractivity contribution in [3.05, 3.63) is 23.2 Å². The van der Waals surface area contributed by atoms with Crippen LogP contribution in [0.2, 0.25) is 0 Å². The second kappa shape index (κ2) is 10.6. The molecule has 10 nitrogen and oxygen atoms in total. The van der Waals surface area contributed by atoms with Crippen LogP contribution in [-0.4, -0.2) is 71.6 Å². The number of Topliss-reactive ketones (excluding diaryl/α,β-unsaturated/α-hetero) is 2. The van der Waals surface area contributed by atoms with E-state index >= 15 is 0 Å². The molecular formula is C25H35N7O3. The van der Waals surface area contributed by atoms with E-state index in [-0.39, 0.29) is 34.8 Å². The average Bonchev–Trinajstić information content (AvgIpc) is 3.28. The molecular weight excluding hydrogens is 446 g/mol. The molecule has 4 rings (SSSR count). The summed E-state index contributed by atoms with van der Waals surface area (Å²) in [4.78, 5) is 37.7. The Morgan fingerprint density at radius 2 is 2.09 bits per heavy atom. The number of likely N-dealkylation sites (N-methyl/N-ethyl adjacent to an activating group) is 1. The molecule has 1 aromatic rings. The van der Waals surface area contributed by atoms with E-state index in [4.69, 9.17) is 15.9 Å². The number of nitrogens with zero attached hydrogens (tertiary/aromatic N) is 4. The number of likely N-dealkylation sites (tertiary alicyclic amines) is 1. The van der Waals surface area contributed by atoms with Crippen molar-refractivity contribution >= 4 is 29.2 Å². The second-order valence-electron chi connectivity index (χ2n) is 9.69. The highest BCUT2D eigenvalue weighted by molar-refractivity contribution is 6.36. The van der Waals surface area contributed by atoms with Crippen LogP contribution < -0.4 is 15.9 Å². The fraction of sp³-hybridized carbons (Fsp3) is 0.600. The van der Waals surface area contributed by atoms with E-state index in [1.807, 2.05) is 0 Å². The average molecular weight is 482 g/mol. The lowest BCUT2D eigenvalue weighted by molar-refractivity contribution is -0.143. The van der Waals surface area contributed by atoms with Crippen molar-refractivity contribution in [3.63, 3.8) is 0 Å². The van der Waals surface area contributed by atoms with Gasteiger partial charge in [0.2, 0.25) is 5.88 Å². The number of hydrogen-bond donors (Lipinski definition) is 3. The van der Waals surface area contributed by atoms with Crippen molar-refractivity contribution in [2.24, 2.45) is 16.3 Å². The minimum absolute atomic E-state index is 0.0307. The molecule has 1 spiro atoms. The molecule has 10 heteroatoms. The zero-order valence-corrected chi connectivity index (χ0v) is 20.6. The van der Waals surface area contributed by atoms with Gasteiger partial charge >= 0.3 is 0 Å². The third kappa shape index (κ3) is 5.12.